The highest BCUT2D eigenvalue weighted by atomic mass is 16.5. The molecule has 3 aliphatic rings. The molecule has 3 rings (SSSR count). The number of fused-ring (bicyclic) bond motifs is 2. The number of ether oxygens (including phenoxy) is 1. The van der Waals surface area contributed by atoms with Crippen molar-refractivity contribution >= 4 is 5.91 Å². The Balaban J connectivity index is 1.74. The zero-order valence-corrected chi connectivity index (χ0v) is 8.95. The first-order chi connectivity index (χ1) is 7.19. The third-order valence-corrected chi connectivity index (χ3v) is 4.15. The molecule has 1 aliphatic carbocycles. The summed E-state index contributed by atoms with van der Waals surface area (Å²) < 4.78 is 5.25. The standard InChI is InChI=1S/C11H18N2O2/c12-11(3-4-15-7-11)10(14)13-6-8-1-2-9(13)5-8/h8-9H,1-7,12H2. The molecule has 0 radical (unpaired) electrons. The van der Waals surface area contributed by atoms with Gasteiger partial charge in [0.05, 0.1) is 6.61 Å². The molecule has 2 heterocycles. The zero-order chi connectivity index (χ0) is 10.5. The van der Waals surface area contributed by atoms with Crippen LogP contribution in [-0.2, 0) is 9.53 Å². The summed E-state index contributed by atoms with van der Waals surface area (Å²) in [6.07, 6.45) is 4.35. The minimum Gasteiger partial charge on any atom is -0.379 e. The number of nitrogens with two attached hydrogens (primary N) is 1. The Bertz CT molecular complexity index is 286. The van der Waals surface area contributed by atoms with Crippen LogP contribution in [0.1, 0.15) is 25.7 Å². The van der Waals surface area contributed by atoms with Gasteiger partial charge in [0.15, 0.2) is 0 Å². The van der Waals surface area contributed by atoms with Crippen LogP contribution in [0, 0.1) is 5.92 Å². The third-order valence-electron chi connectivity index (χ3n) is 4.15. The molecule has 2 bridgehead atoms. The lowest BCUT2D eigenvalue weighted by Crippen LogP contribution is -2.57. The van der Waals surface area contributed by atoms with E-state index in [2.05, 4.69) is 0 Å². The number of hydrogen-bond acceptors (Lipinski definition) is 3. The van der Waals surface area contributed by atoms with Crippen LogP contribution in [0.5, 0.6) is 0 Å². The van der Waals surface area contributed by atoms with Crippen molar-refractivity contribution in [3.05, 3.63) is 0 Å². The predicted molar refractivity (Wildman–Crippen MR) is 55.2 cm³/mol. The van der Waals surface area contributed by atoms with E-state index in [1.54, 1.807) is 0 Å². The van der Waals surface area contributed by atoms with Crippen LogP contribution in [0.2, 0.25) is 0 Å². The van der Waals surface area contributed by atoms with Gasteiger partial charge in [-0.05, 0) is 31.6 Å². The van der Waals surface area contributed by atoms with Gasteiger partial charge in [-0.1, -0.05) is 0 Å². The Kier molecular flexibility index (Phi) is 2.04. The van der Waals surface area contributed by atoms with Gasteiger partial charge in [0.25, 0.3) is 0 Å². The smallest absolute Gasteiger partial charge is 0.245 e. The Hall–Kier alpha value is -0.610. The fourth-order valence-electron chi connectivity index (χ4n) is 3.21. The fourth-order valence-corrected chi connectivity index (χ4v) is 3.21. The molecule has 3 atom stereocenters. The van der Waals surface area contributed by atoms with Crippen LogP contribution in [-0.4, -0.2) is 42.1 Å². The van der Waals surface area contributed by atoms with Crippen LogP contribution in [0.15, 0.2) is 0 Å². The molecule has 0 aromatic rings. The average molecular weight is 210 g/mol. The van der Waals surface area contributed by atoms with Crippen molar-refractivity contribution in [2.24, 2.45) is 11.7 Å². The second-order valence-corrected chi connectivity index (χ2v) is 5.25. The number of carbonyl (C=O) groups excluding carboxylic acids is 1. The van der Waals surface area contributed by atoms with Gasteiger partial charge in [-0.3, -0.25) is 4.79 Å². The Morgan fingerprint density at radius 3 is 2.87 bits per heavy atom. The number of piperidine rings is 1. The topological polar surface area (TPSA) is 55.6 Å². The summed E-state index contributed by atoms with van der Waals surface area (Å²) in [5, 5.41) is 0. The minimum atomic E-state index is -0.718. The maximum Gasteiger partial charge on any atom is 0.245 e. The van der Waals surface area contributed by atoms with Gasteiger partial charge in [-0.15, -0.1) is 0 Å². The van der Waals surface area contributed by atoms with Gasteiger partial charge in [0, 0.05) is 19.2 Å². The van der Waals surface area contributed by atoms with E-state index in [-0.39, 0.29) is 5.91 Å². The van der Waals surface area contributed by atoms with E-state index in [1.165, 1.54) is 19.3 Å². The van der Waals surface area contributed by atoms with Crippen molar-refractivity contribution in [3.8, 4) is 0 Å². The molecule has 3 fully saturated rings. The largest absolute Gasteiger partial charge is 0.379 e. The Morgan fingerprint density at radius 2 is 2.33 bits per heavy atom. The van der Waals surface area contributed by atoms with Crippen LogP contribution < -0.4 is 5.73 Å². The molecular weight excluding hydrogens is 192 g/mol. The first-order valence-electron chi connectivity index (χ1n) is 5.87. The van der Waals surface area contributed by atoms with E-state index in [1.807, 2.05) is 4.90 Å². The summed E-state index contributed by atoms with van der Waals surface area (Å²) >= 11 is 0. The number of hydrogen-bond donors (Lipinski definition) is 1. The van der Waals surface area contributed by atoms with E-state index in [4.69, 9.17) is 10.5 Å². The predicted octanol–water partition coefficient (Wildman–Crippen LogP) is 0.115. The molecule has 1 saturated carbocycles. The molecular formula is C11H18N2O2. The quantitative estimate of drug-likeness (QED) is 0.668. The number of amides is 1. The molecule has 3 unspecified atom stereocenters. The molecule has 2 N–H and O–H groups in total. The van der Waals surface area contributed by atoms with Crippen LogP contribution in [0.25, 0.3) is 0 Å². The summed E-state index contributed by atoms with van der Waals surface area (Å²) in [5.41, 5.74) is 5.38. The second kappa shape index (κ2) is 3.19. The van der Waals surface area contributed by atoms with E-state index in [0.717, 1.165) is 12.5 Å². The summed E-state index contributed by atoms with van der Waals surface area (Å²) in [6.45, 7) is 1.96. The van der Waals surface area contributed by atoms with Crippen LogP contribution in [0.3, 0.4) is 0 Å². The number of carbonyl (C=O) groups is 1. The van der Waals surface area contributed by atoms with Gasteiger partial charge in [0.1, 0.15) is 5.54 Å². The van der Waals surface area contributed by atoms with Gasteiger partial charge < -0.3 is 15.4 Å². The van der Waals surface area contributed by atoms with Crippen molar-refractivity contribution in [1.29, 1.82) is 0 Å². The lowest BCUT2D eigenvalue weighted by atomic mass is 9.97. The van der Waals surface area contributed by atoms with E-state index >= 15 is 0 Å². The Morgan fingerprint density at radius 1 is 1.47 bits per heavy atom. The zero-order valence-electron chi connectivity index (χ0n) is 8.95. The molecule has 0 aromatic heterocycles. The number of likely N-dealkylation sites (tertiary alicyclic amines) is 1. The maximum atomic E-state index is 12.3. The molecule has 84 valence electrons. The molecule has 0 spiro atoms. The normalized spacial score (nSPS) is 43.9. The summed E-state index contributed by atoms with van der Waals surface area (Å²) in [5.74, 6) is 0.872. The van der Waals surface area contributed by atoms with Gasteiger partial charge in [0.2, 0.25) is 5.91 Å². The van der Waals surface area contributed by atoms with Crippen LogP contribution in [0.4, 0.5) is 0 Å². The van der Waals surface area contributed by atoms with Gasteiger partial charge in [-0.25, -0.2) is 0 Å². The molecule has 4 heteroatoms. The summed E-state index contributed by atoms with van der Waals surface area (Å²) in [6, 6.07) is 0.475. The van der Waals surface area contributed by atoms with Gasteiger partial charge >= 0.3 is 0 Å². The van der Waals surface area contributed by atoms with Gasteiger partial charge in [-0.2, -0.15) is 0 Å². The van der Waals surface area contributed by atoms with E-state index < -0.39 is 5.54 Å². The lowest BCUT2D eigenvalue weighted by Gasteiger charge is -2.33. The Labute approximate surface area is 89.7 Å². The van der Waals surface area contributed by atoms with Crippen molar-refractivity contribution in [3.63, 3.8) is 0 Å². The van der Waals surface area contributed by atoms with Crippen molar-refractivity contribution in [1.82, 2.24) is 4.90 Å². The number of nitrogens with zero attached hydrogens (tertiary/aromatic N) is 1. The summed E-state index contributed by atoms with van der Waals surface area (Å²) in [7, 11) is 0. The lowest BCUT2D eigenvalue weighted by molar-refractivity contribution is -0.138. The van der Waals surface area contributed by atoms with Crippen molar-refractivity contribution in [2.75, 3.05) is 19.8 Å². The van der Waals surface area contributed by atoms with Crippen LogP contribution >= 0.6 is 0 Å². The maximum absolute atomic E-state index is 12.3. The molecule has 15 heavy (non-hydrogen) atoms. The number of rotatable bonds is 1. The first kappa shape index (κ1) is 9.60. The molecule has 0 aromatic carbocycles. The van der Waals surface area contributed by atoms with Crippen molar-refractivity contribution < 1.29 is 9.53 Å². The minimum absolute atomic E-state index is 0.132. The first-order valence-corrected chi connectivity index (χ1v) is 5.87. The molecule has 4 nitrogen and oxygen atoms in total. The highest BCUT2D eigenvalue weighted by Crippen LogP contribution is 2.38. The third kappa shape index (κ3) is 1.39. The molecule has 2 saturated heterocycles. The molecule has 1 amide bonds. The second-order valence-electron chi connectivity index (χ2n) is 5.25. The summed E-state index contributed by atoms with van der Waals surface area (Å²) in [4.78, 5) is 14.3. The SMILES string of the molecule is NC1(C(=O)N2CC3CCC2C3)CCOC1. The highest BCUT2D eigenvalue weighted by Gasteiger charge is 2.47. The fraction of sp³-hybridized carbons (Fsp3) is 0.909. The molecule has 2 aliphatic heterocycles. The highest BCUT2D eigenvalue weighted by molar-refractivity contribution is 5.87. The average Bonchev–Trinajstić information content (AvgIpc) is 2.91. The van der Waals surface area contributed by atoms with E-state index in [9.17, 15) is 4.79 Å². The monoisotopic (exact) mass is 210 g/mol. The van der Waals surface area contributed by atoms with Crippen molar-refractivity contribution in [2.45, 2.75) is 37.3 Å². The van der Waals surface area contributed by atoms with E-state index in [0.29, 0.717) is 25.7 Å².